The molecule has 19 heavy (non-hydrogen) atoms. The molecule has 1 aromatic carbocycles. The van der Waals surface area contributed by atoms with E-state index in [4.69, 9.17) is 4.74 Å². The van der Waals surface area contributed by atoms with Crippen molar-refractivity contribution in [3.63, 3.8) is 0 Å². The molecule has 0 unspecified atom stereocenters. The largest absolute Gasteiger partial charge is 0.423 e. The molecule has 0 N–H and O–H groups in total. The van der Waals surface area contributed by atoms with Crippen molar-refractivity contribution in [3.8, 4) is 5.75 Å². The molecule has 0 atom stereocenters. The summed E-state index contributed by atoms with van der Waals surface area (Å²) in [6.45, 7) is 17.4. The Balaban J connectivity index is -0.000000313. The molecule has 0 saturated carbocycles. The fourth-order valence-corrected chi connectivity index (χ4v) is 0.821. The second kappa shape index (κ2) is 18.8. The smallest absolute Gasteiger partial charge is 0.335 e. The van der Waals surface area contributed by atoms with Crippen LogP contribution in [-0.4, -0.2) is 5.97 Å². The van der Waals surface area contributed by atoms with E-state index in [0.29, 0.717) is 5.75 Å². The number of hydrogen-bond acceptors (Lipinski definition) is 2. The van der Waals surface area contributed by atoms with E-state index in [1.165, 1.54) is 6.42 Å². The van der Waals surface area contributed by atoms with Gasteiger partial charge in [0.25, 0.3) is 0 Å². The molecule has 0 aliphatic rings. The second-order valence-electron chi connectivity index (χ2n) is 3.10. The lowest BCUT2D eigenvalue weighted by molar-refractivity contribution is -0.129. The van der Waals surface area contributed by atoms with Crippen LogP contribution >= 0.6 is 0 Å². The number of aryl methyl sites for hydroxylation is 1. The molecule has 0 bridgehead atoms. The van der Waals surface area contributed by atoms with Crippen molar-refractivity contribution in [2.45, 2.75) is 54.9 Å². The van der Waals surface area contributed by atoms with Gasteiger partial charge in [-0.3, -0.25) is 0 Å². The van der Waals surface area contributed by atoms with Crippen LogP contribution in [0, 0.1) is 6.92 Å². The van der Waals surface area contributed by atoms with Crippen LogP contribution in [0.2, 0.25) is 0 Å². The Morgan fingerprint density at radius 1 is 1.16 bits per heavy atom. The zero-order valence-corrected chi connectivity index (χ0v) is 13.6. The van der Waals surface area contributed by atoms with Crippen LogP contribution in [0.25, 0.3) is 0 Å². The lowest BCUT2D eigenvalue weighted by Gasteiger charge is -2.03. The maximum absolute atomic E-state index is 10.8. The fourth-order valence-electron chi connectivity index (χ4n) is 0.821. The average Bonchev–Trinajstić information content (AvgIpc) is 2.46. The minimum Gasteiger partial charge on any atom is -0.423 e. The molecule has 0 aliphatic carbocycles. The molecule has 2 heteroatoms. The Bertz CT molecular complexity index is 317. The number of esters is 1. The minimum absolute atomic E-state index is 0.427. The first-order valence-electron chi connectivity index (χ1n) is 7.05. The van der Waals surface area contributed by atoms with Crippen molar-refractivity contribution in [2.24, 2.45) is 0 Å². The van der Waals surface area contributed by atoms with Gasteiger partial charge in [-0.25, -0.2) is 4.79 Å². The first-order valence-corrected chi connectivity index (χ1v) is 7.05. The minimum atomic E-state index is -0.427. The average molecular weight is 266 g/mol. The molecule has 0 aromatic heterocycles. The molecular weight excluding hydrogens is 236 g/mol. The Morgan fingerprint density at radius 3 is 1.95 bits per heavy atom. The summed E-state index contributed by atoms with van der Waals surface area (Å²) in [4.78, 5) is 10.8. The summed E-state index contributed by atoms with van der Waals surface area (Å²) in [5.41, 5.74) is 0.938. The molecule has 0 aliphatic heterocycles. The maximum Gasteiger partial charge on any atom is 0.335 e. The highest BCUT2D eigenvalue weighted by atomic mass is 16.5. The quantitative estimate of drug-likeness (QED) is 0.398. The van der Waals surface area contributed by atoms with Crippen LogP contribution in [0.4, 0.5) is 0 Å². The first-order chi connectivity index (χ1) is 9.15. The van der Waals surface area contributed by atoms with Crippen LogP contribution < -0.4 is 4.74 Å². The van der Waals surface area contributed by atoms with E-state index in [-0.39, 0.29) is 0 Å². The van der Waals surface area contributed by atoms with Crippen LogP contribution in [0.1, 0.15) is 53.5 Å². The molecule has 110 valence electrons. The lowest BCUT2D eigenvalue weighted by Crippen LogP contribution is -2.03. The highest BCUT2D eigenvalue weighted by Crippen LogP contribution is 2.15. The standard InChI is InChI=1S/C10H10O2.C3H8.2C2H6/c1-3-10(11)12-9-7-5-4-6-8(9)2;1-3-2;2*1-2/h3-7H,1H2,2H3;3H2,1-2H3;2*1-2H3. The number of benzene rings is 1. The molecule has 2 nitrogen and oxygen atoms in total. The van der Waals surface area contributed by atoms with Gasteiger partial charge in [0, 0.05) is 6.08 Å². The lowest BCUT2D eigenvalue weighted by atomic mass is 10.2. The van der Waals surface area contributed by atoms with Gasteiger partial charge in [0.15, 0.2) is 0 Å². The van der Waals surface area contributed by atoms with Gasteiger partial charge < -0.3 is 4.74 Å². The summed E-state index contributed by atoms with van der Waals surface area (Å²) >= 11 is 0. The van der Waals surface area contributed by atoms with Crippen LogP contribution in [0.5, 0.6) is 5.75 Å². The highest BCUT2D eigenvalue weighted by Gasteiger charge is 2.00. The van der Waals surface area contributed by atoms with Gasteiger partial charge in [0.05, 0.1) is 0 Å². The van der Waals surface area contributed by atoms with Crippen LogP contribution in [0.15, 0.2) is 36.9 Å². The van der Waals surface area contributed by atoms with Crippen molar-refractivity contribution >= 4 is 5.97 Å². The summed E-state index contributed by atoms with van der Waals surface area (Å²) in [5, 5.41) is 0. The number of carbonyl (C=O) groups excluding carboxylic acids is 1. The molecule has 0 saturated heterocycles. The summed E-state index contributed by atoms with van der Waals surface area (Å²) in [5.74, 6) is 0.159. The zero-order valence-electron chi connectivity index (χ0n) is 13.6. The van der Waals surface area contributed by atoms with Crippen molar-refractivity contribution in [3.05, 3.63) is 42.5 Å². The molecule has 1 rings (SSSR count). The molecule has 0 heterocycles. The summed E-state index contributed by atoms with van der Waals surface area (Å²) < 4.78 is 4.94. The van der Waals surface area contributed by atoms with E-state index < -0.39 is 5.97 Å². The summed E-state index contributed by atoms with van der Waals surface area (Å²) in [6, 6.07) is 7.34. The van der Waals surface area contributed by atoms with Crippen molar-refractivity contribution < 1.29 is 9.53 Å². The van der Waals surface area contributed by atoms with Crippen molar-refractivity contribution in [1.29, 1.82) is 0 Å². The van der Waals surface area contributed by atoms with Crippen LogP contribution in [0.3, 0.4) is 0 Å². The Kier molecular flexibility index (Phi) is 22.3. The number of rotatable bonds is 2. The molecule has 0 radical (unpaired) electrons. The van der Waals surface area contributed by atoms with E-state index in [0.717, 1.165) is 11.6 Å². The maximum atomic E-state index is 10.8. The van der Waals surface area contributed by atoms with Crippen LogP contribution in [-0.2, 0) is 4.79 Å². The monoisotopic (exact) mass is 266 g/mol. The predicted octanol–water partition coefficient (Wildman–Crippen LogP) is 5.56. The fraction of sp³-hybridized carbons (Fsp3) is 0.471. The zero-order chi connectivity index (χ0) is 15.7. The van der Waals surface area contributed by atoms with Crippen molar-refractivity contribution in [2.75, 3.05) is 0 Å². The Hall–Kier alpha value is -1.57. The molecular formula is C17H30O2. The SMILES string of the molecule is C=CC(=O)Oc1ccccc1C.CC.CC.CCC. The third kappa shape index (κ3) is 14.4. The van der Waals surface area contributed by atoms with E-state index in [2.05, 4.69) is 20.4 Å². The topological polar surface area (TPSA) is 26.3 Å². The Morgan fingerprint density at radius 2 is 1.58 bits per heavy atom. The third-order valence-corrected chi connectivity index (χ3v) is 1.47. The highest BCUT2D eigenvalue weighted by molar-refractivity contribution is 5.83. The molecule has 0 spiro atoms. The number of ether oxygens (including phenoxy) is 1. The predicted molar refractivity (Wildman–Crippen MR) is 85.7 cm³/mol. The molecule has 1 aromatic rings. The van der Waals surface area contributed by atoms with Gasteiger partial charge in [0.2, 0.25) is 0 Å². The van der Waals surface area contributed by atoms with E-state index in [9.17, 15) is 4.79 Å². The third-order valence-electron chi connectivity index (χ3n) is 1.47. The van der Waals surface area contributed by atoms with Gasteiger partial charge in [-0.1, -0.05) is 72.7 Å². The second-order valence-corrected chi connectivity index (χ2v) is 3.10. The van der Waals surface area contributed by atoms with Gasteiger partial charge in [-0.2, -0.15) is 0 Å². The van der Waals surface area contributed by atoms with Gasteiger partial charge in [-0.05, 0) is 18.6 Å². The van der Waals surface area contributed by atoms with E-state index in [1.54, 1.807) is 6.07 Å². The number of hydrogen-bond donors (Lipinski definition) is 0. The van der Waals surface area contributed by atoms with E-state index in [1.807, 2.05) is 52.8 Å². The normalized spacial score (nSPS) is 7.32. The number of carbonyl (C=O) groups is 1. The van der Waals surface area contributed by atoms with Gasteiger partial charge >= 0.3 is 5.97 Å². The molecule has 0 fully saturated rings. The Labute approximate surface area is 119 Å². The molecule has 0 amide bonds. The summed E-state index contributed by atoms with van der Waals surface area (Å²) in [7, 11) is 0. The van der Waals surface area contributed by atoms with Gasteiger partial charge in [-0.15, -0.1) is 0 Å². The van der Waals surface area contributed by atoms with E-state index >= 15 is 0 Å². The van der Waals surface area contributed by atoms with Crippen molar-refractivity contribution in [1.82, 2.24) is 0 Å². The summed E-state index contributed by atoms with van der Waals surface area (Å²) in [6.07, 6.45) is 2.40. The first kappa shape index (κ1) is 22.6. The number of para-hydroxylation sites is 1. The van der Waals surface area contributed by atoms with Gasteiger partial charge in [0.1, 0.15) is 5.75 Å².